The number of benzene rings is 1. The third-order valence-corrected chi connectivity index (χ3v) is 7.67. The van der Waals surface area contributed by atoms with Crippen molar-refractivity contribution in [2.75, 3.05) is 19.6 Å². The average Bonchev–Trinajstić information content (AvgIpc) is 3.23. The number of carbonyl (C=O) groups excluding carboxylic acids is 2. The molecular weight excluding hydrogens is 580 g/mol. The van der Waals surface area contributed by atoms with E-state index < -0.39 is 11.4 Å². The Balaban J connectivity index is 1.28. The summed E-state index contributed by atoms with van der Waals surface area (Å²) < 4.78 is 0. The van der Waals surface area contributed by atoms with E-state index in [1.165, 1.54) is 10.0 Å². The molecule has 18 nitrogen and oxygen atoms in total. The fourth-order valence-corrected chi connectivity index (χ4v) is 5.31. The van der Waals surface area contributed by atoms with Crippen LogP contribution in [0, 0.1) is 0 Å². The third kappa shape index (κ3) is 5.70. The number of piperidine rings is 1. The number of rotatable bonds is 5. The first-order valence-corrected chi connectivity index (χ1v) is 13.4. The number of nitrogens with two attached hydrogens (primary N) is 4. The van der Waals surface area contributed by atoms with E-state index >= 15 is 0 Å². The van der Waals surface area contributed by atoms with E-state index in [2.05, 4.69) is 45.9 Å². The van der Waals surface area contributed by atoms with Gasteiger partial charge in [-0.25, -0.2) is 21.7 Å². The molecule has 0 aliphatic carbocycles. The number of halogens is 1. The molecule has 43 heavy (non-hydrogen) atoms. The van der Waals surface area contributed by atoms with Gasteiger partial charge in [0, 0.05) is 25.0 Å². The molecule has 224 valence electrons. The van der Waals surface area contributed by atoms with Crippen molar-refractivity contribution in [3.05, 3.63) is 58.0 Å². The number of hydrogen-bond acceptors (Lipinski definition) is 12. The summed E-state index contributed by atoms with van der Waals surface area (Å²) in [6.45, 7) is 2.91. The molecule has 1 aromatic carbocycles. The summed E-state index contributed by atoms with van der Waals surface area (Å²) in [5, 5.41) is 19.0. The summed E-state index contributed by atoms with van der Waals surface area (Å²) in [5.74, 6) is 21.3. The Morgan fingerprint density at radius 2 is 1.72 bits per heavy atom. The topological polar surface area (TPSA) is 260 Å². The van der Waals surface area contributed by atoms with Crippen molar-refractivity contribution in [2.45, 2.75) is 31.5 Å². The van der Waals surface area contributed by atoms with Gasteiger partial charge in [0.15, 0.2) is 10.8 Å². The van der Waals surface area contributed by atoms with Gasteiger partial charge < -0.3 is 21.9 Å². The minimum Gasteiger partial charge on any atom is -0.363 e. The predicted molar refractivity (Wildman–Crippen MR) is 155 cm³/mol. The van der Waals surface area contributed by atoms with Gasteiger partial charge in [0.05, 0.1) is 17.7 Å². The Kier molecular flexibility index (Phi) is 8.24. The molecule has 3 aliphatic heterocycles. The van der Waals surface area contributed by atoms with E-state index in [0.29, 0.717) is 31.5 Å². The van der Waals surface area contributed by atoms with Gasteiger partial charge in [0.1, 0.15) is 6.17 Å². The molecule has 1 atom stereocenters. The SMILES string of the molecule is CC1=C(C(=O)N2CCC3(CC2)CN(N)/C(=N\C(=O)c2nc(Cl)c(N=NN)nc2N=NN)N3N)C=NC(c2ccccc2)N1. The molecule has 0 saturated carbocycles. The Morgan fingerprint density at radius 1 is 1.05 bits per heavy atom. The van der Waals surface area contributed by atoms with Crippen LogP contribution in [0.5, 0.6) is 0 Å². The molecule has 9 N–H and O–H groups in total. The van der Waals surface area contributed by atoms with Gasteiger partial charge in [0.2, 0.25) is 17.6 Å². The summed E-state index contributed by atoms with van der Waals surface area (Å²) in [7, 11) is 0. The molecule has 4 heterocycles. The molecule has 1 unspecified atom stereocenters. The van der Waals surface area contributed by atoms with Crippen LogP contribution in [0.25, 0.3) is 0 Å². The maximum atomic E-state index is 13.4. The quantitative estimate of drug-likeness (QED) is 0.181. The Hall–Kier alpha value is -5.07. The number of nitrogens with one attached hydrogen (secondary N) is 1. The molecule has 3 aliphatic rings. The van der Waals surface area contributed by atoms with Crippen LogP contribution < -0.4 is 28.7 Å². The number of nitrogens with zero attached hydrogens (tertiary/aromatic N) is 11. The highest BCUT2D eigenvalue weighted by Crippen LogP contribution is 2.34. The number of guanidine groups is 1. The normalized spacial score (nSPS) is 21.1. The van der Waals surface area contributed by atoms with Crippen LogP contribution >= 0.6 is 11.6 Å². The van der Waals surface area contributed by atoms with Gasteiger partial charge in [-0.3, -0.25) is 24.6 Å². The number of aliphatic imine (C=N–C) groups is 2. The molecule has 2 saturated heterocycles. The minimum absolute atomic E-state index is 0.0156. The molecular formula is C24H29ClN16O2. The lowest BCUT2D eigenvalue weighted by atomic mass is 9.87. The van der Waals surface area contributed by atoms with Gasteiger partial charge in [-0.15, -0.1) is 10.2 Å². The Bertz CT molecular complexity index is 1560. The van der Waals surface area contributed by atoms with Crippen molar-refractivity contribution in [3.8, 4) is 0 Å². The van der Waals surface area contributed by atoms with Crippen LogP contribution in [0.15, 0.2) is 72.3 Å². The first-order valence-electron chi connectivity index (χ1n) is 13.0. The molecule has 1 aromatic heterocycles. The van der Waals surface area contributed by atoms with Gasteiger partial charge in [-0.1, -0.05) is 52.4 Å². The summed E-state index contributed by atoms with van der Waals surface area (Å²) >= 11 is 6.05. The fraction of sp³-hybridized carbons (Fsp3) is 0.333. The number of carbonyl (C=O) groups is 2. The van der Waals surface area contributed by atoms with Gasteiger partial charge in [-0.05, 0) is 25.3 Å². The maximum absolute atomic E-state index is 13.4. The third-order valence-electron chi connectivity index (χ3n) is 7.41. The molecule has 0 radical (unpaired) electrons. The van der Waals surface area contributed by atoms with E-state index in [1.807, 2.05) is 37.3 Å². The molecule has 0 bridgehead atoms. The van der Waals surface area contributed by atoms with Crippen LogP contribution in [0.1, 0.15) is 42.0 Å². The molecule has 2 amide bonds. The zero-order chi connectivity index (χ0) is 30.7. The van der Waals surface area contributed by atoms with E-state index in [0.717, 1.165) is 11.3 Å². The van der Waals surface area contributed by atoms with Crippen LogP contribution in [0.2, 0.25) is 5.15 Å². The Labute approximate surface area is 250 Å². The van der Waals surface area contributed by atoms with Crippen molar-refractivity contribution in [3.63, 3.8) is 0 Å². The number of amides is 2. The largest absolute Gasteiger partial charge is 0.363 e. The lowest BCUT2D eigenvalue weighted by Crippen LogP contribution is -2.58. The van der Waals surface area contributed by atoms with E-state index in [-0.39, 0.29) is 47.1 Å². The highest BCUT2D eigenvalue weighted by atomic mass is 35.5. The Morgan fingerprint density at radius 3 is 2.37 bits per heavy atom. The lowest BCUT2D eigenvalue weighted by Gasteiger charge is -2.42. The smallest absolute Gasteiger partial charge is 0.302 e. The fourth-order valence-electron chi connectivity index (χ4n) is 5.14. The first kappa shape index (κ1) is 29.4. The van der Waals surface area contributed by atoms with Crippen molar-refractivity contribution >= 4 is 47.2 Å². The molecule has 1 spiro atoms. The summed E-state index contributed by atoms with van der Waals surface area (Å²) in [4.78, 5) is 44.8. The van der Waals surface area contributed by atoms with Crippen molar-refractivity contribution in [2.24, 2.45) is 54.0 Å². The standard InChI is InChI=1S/C24H29ClN16O2/c1-13-15(11-30-18(31-13)14-5-3-2-4-6-14)22(43)39-9-7-24(8-10-39)12-40(28)23(41(24)29)34-21(42)16-19(35-37-26)33-20(36-38-27)17(25)32-16/h2-6,11,18,31H,7-10,12,28-29H2,1H3,(H4,26,27,33,35,36)/b34-23+. The van der Waals surface area contributed by atoms with Crippen molar-refractivity contribution in [1.82, 2.24) is 30.2 Å². The van der Waals surface area contributed by atoms with Crippen LogP contribution in [0.3, 0.4) is 0 Å². The van der Waals surface area contributed by atoms with Crippen LogP contribution in [-0.2, 0) is 4.79 Å². The van der Waals surface area contributed by atoms with E-state index in [4.69, 9.17) is 35.0 Å². The molecule has 19 heteroatoms. The monoisotopic (exact) mass is 608 g/mol. The number of aromatic nitrogens is 2. The number of likely N-dealkylation sites (tertiary alicyclic amines) is 1. The second-order valence-electron chi connectivity index (χ2n) is 9.95. The molecule has 2 aromatic rings. The number of hydrogen-bond donors (Lipinski definition) is 5. The van der Waals surface area contributed by atoms with Crippen LogP contribution in [-0.4, -0.2) is 74.0 Å². The van der Waals surface area contributed by atoms with Gasteiger partial charge >= 0.3 is 5.91 Å². The van der Waals surface area contributed by atoms with E-state index in [9.17, 15) is 9.59 Å². The maximum Gasteiger partial charge on any atom is 0.302 e. The second kappa shape index (κ2) is 12.0. The van der Waals surface area contributed by atoms with Crippen molar-refractivity contribution < 1.29 is 9.59 Å². The number of hydrazine groups is 2. The van der Waals surface area contributed by atoms with Crippen LogP contribution in [0.4, 0.5) is 11.6 Å². The zero-order valence-electron chi connectivity index (χ0n) is 23.0. The summed E-state index contributed by atoms with van der Waals surface area (Å²) in [5.41, 5.74) is 1.19. The predicted octanol–water partition coefficient (Wildman–Crippen LogP) is 0.914. The first-order chi connectivity index (χ1) is 20.7. The molecule has 5 rings (SSSR count). The summed E-state index contributed by atoms with van der Waals surface area (Å²) in [6.07, 6.45) is 2.31. The van der Waals surface area contributed by atoms with E-state index in [1.54, 1.807) is 11.1 Å². The highest BCUT2D eigenvalue weighted by molar-refractivity contribution is 6.31. The molecule has 2 fully saturated rings. The number of allylic oxidation sites excluding steroid dienone is 1. The van der Waals surface area contributed by atoms with Gasteiger partial charge in [-0.2, -0.15) is 4.99 Å². The summed E-state index contributed by atoms with van der Waals surface area (Å²) in [6, 6.07) is 9.77. The average molecular weight is 609 g/mol. The highest BCUT2D eigenvalue weighted by Gasteiger charge is 2.49. The van der Waals surface area contributed by atoms with Crippen molar-refractivity contribution in [1.29, 1.82) is 0 Å². The van der Waals surface area contributed by atoms with Gasteiger partial charge in [0.25, 0.3) is 5.91 Å². The zero-order valence-corrected chi connectivity index (χ0v) is 23.8. The minimum atomic E-state index is -0.904. The lowest BCUT2D eigenvalue weighted by molar-refractivity contribution is -0.128. The second-order valence-corrected chi connectivity index (χ2v) is 10.3.